The van der Waals surface area contributed by atoms with Crippen molar-refractivity contribution in [3.05, 3.63) is 59.7 Å². The topological polar surface area (TPSA) is 98.5 Å². The molecule has 0 spiro atoms. The Bertz CT molecular complexity index is 869. The molecule has 0 saturated carbocycles. The van der Waals surface area contributed by atoms with Gasteiger partial charge in [-0.25, -0.2) is 17.5 Å². The van der Waals surface area contributed by atoms with E-state index in [1.54, 1.807) is 12.1 Å². The van der Waals surface area contributed by atoms with Gasteiger partial charge in [0.1, 0.15) is 6.07 Å². The van der Waals surface area contributed by atoms with Crippen molar-refractivity contribution >= 4 is 27.4 Å². The van der Waals surface area contributed by atoms with Crippen LogP contribution in [-0.4, -0.2) is 25.7 Å². The highest BCUT2D eigenvalue weighted by Gasteiger charge is 2.23. The second kappa shape index (κ2) is 5.87. The highest BCUT2D eigenvalue weighted by atomic mass is 32.2. The van der Waals surface area contributed by atoms with Crippen molar-refractivity contribution in [3.8, 4) is 6.07 Å². The third-order valence-electron chi connectivity index (χ3n) is 2.90. The number of anilines is 2. The second-order valence-corrected chi connectivity index (χ2v) is 6.34. The third kappa shape index (κ3) is 3.07. The van der Waals surface area contributed by atoms with E-state index in [4.69, 9.17) is 10.4 Å². The van der Waals surface area contributed by atoms with Gasteiger partial charge in [0.15, 0.2) is 0 Å². The molecule has 0 fully saturated rings. The van der Waals surface area contributed by atoms with Crippen LogP contribution >= 0.6 is 0 Å². The van der Waals surface area contributed by atoms with E-state index in [2.05, 4.69) is 0 Å². The maximum absolute atomic E-state index is 12.2. The van der Waals surface area contributed by atoms with Crippen LogP contribution in [0.2, 0.25) is 0 Å². The van der Waals surface area contributed by atoms with E-state index in [0.29, 0.717) is 0 Å². The molecule has 112 valence electrons. The van der Waals surface area contributed by atoms with Crippen LogP contribution in [0.15, 0.2) is 48.5 Å². The van der Waals surface area contributed by atoms with Crippen LogP contribution in [0.25, 0.3) is 0 Å². The molecule has 0 saturated heterocycles. The second-order valence-electron chi connectivity index (χ2n) is 4.51. The number of nitrogens with zero attached hydrogens (tertiary/aromatic N) is 2. The average Bonchev–Trinajstić information content (AvgIpc) is 2.47. The van der Waals surface area contributed by atoms with Gasteiger partial charge in [-0.15, -0.1) is 0 Å². The van der Waals surface area contributed by atoms with Crippen LogP contribution < -0.4 is 4.31 Å². The van der Waals surface area contributed by atoms with E-state index in [1.807, 2.05) is 6.07 Å². The Morgan fingerprint density at radius 2 is 1.86 bits per heavy atom. The Morgan fingerprint density at radius 1 is 1.18 bits per heavy atom. The summed E-state index contributed by atoms with van der Waals surface area (Å²) in [4.78, 5) is 11.1. The minimum Gasteiger partial charge on any atom is -0.478 e. The zero-order chi connectivity index (χ0) is 16.3. The van der Waals surface area contributed by atoms with Crippen molar-refractivity contribution in [2.24, 2.45) is 0 Å². The first-order valence-electron chi connectivity index (χ1n) is 6.17. The third-order valence-corrected chi connectivity index (χ3v) is 3.97. The predicted molar refractivity (Wildman–Crippen MR) is 81.5 cm³/mol. The summed E-state index contributed by atoms with van der Waals surface area (Å²) in [5.41, 5.74) is 0.467. The summed E-state index contributed by atoms with van der Waals surface area (Å²) >= 11 is 0. The summed E-state index contributed by atoms with van der Waals surface area (Å²) in [7, 11) is -3.76. The molecule has 0 heterocycles. The number of carboxylic acid groups (broad SMARTS) is 1. The summed E-state index contributed by atoms with van der Waals surface area (Å²) in [6.45, 7) is 0. The molecule has 0 amide bonds. The number of carbonyl (C=O) groups is 1. The number of aromatic carboxylic acids is 1. The minimum atomic E-state index is -3.76. The van der Waals surface area contributed by atoms with Gasteiger partial charge in [-0.3, -0.25) is 0 Å². The summed E-state index contributed by atoms with van der Waals surface area (Å²) < 4.78 is 25.3. The molecule has 22 heavy (non-hydrogen) atoms. The largest absolute Gasteiger partial charge is 0.478 e. The van der Waals surface area contributed by atoms with Crippen LogP contribution in [0, 0.1) is 11.3 Å². The molecule has 0 aliphatic rings. The standard InChI is InChI=1S/C15H12N2O4S/c1-22(20,21)17(14-8-3-2-5-12(14)10-16)13-7-4-6-11(9-13)15(18)19/h2-9H,1H3,(H,18,19). The zero-order valence-electron chi connectivity index (χ0n) is 11.6. The number of benzene rings is 2. The monoisotopic (exact) mass is 316 g/mol. The lowest BCUT2D eigenvalue weighted by Crippen LogP contribution is -2.25. The summed E-state index contributed by atoms with van der Waals surface area (Å²) in [5, 5.41) is 18.2. The Morgan fingerprint density at radius 3 is 2.45 bits per heavy atom. The zero-order valence-corrected chi connectivity index (χ0v) is 12.4. The first kappa shape index (κ1) is 15.5. The van der Waals surface area contributed by atoms with Crippen LogP contribution in [0.5, 0.6) is 0 Å². The van der Waals surface area contributed by atoms with E-state index < -0.39 is 16.0 Å². The molecule has 0 aliphatic heterocycles. The van der Waals surface area contributed by atoms with Gasteiger partial charge in [0.2, 0.25) is 10.0 Å². The summed E-state index contributed by atoms with van der Waals surface area (Å²) in [6, 6.07) is 13.7. The smallest absolute Gasteiger partial charge is 0.335 e. The Hall–Kier alpha value is -2.85. The summed E-state index contributed by atoms with van der Waals surface area (Å²) in [6.07, 6.45) is 0.995. The van der Waals surface area contributed by atoms with Crippen molar-refractivity contribution in [3.63, 3.8) is 0 Å². The van der Waals surface area contributed by atoms with Crippen molar-refractivity contribution in [2.75, 3.05) is 10.6 Å². The SMILES string of the molecule is CS(=O)(=O)N(c1cccc(C(=O)O)c1)c1ccccc1C#N. The molecular weight excluding hydrogens is 304 g/mol. The van der Waals surface area contributed by atoms with Crippen LogP contribution in [0.1, 0.15) is 15.9 Å². The molecule has 6 nitrogen and oxygen atoms in total. The quantitative estimate of drug-likeness (QED) is 0.933. The number of rotatable bonds is 4. The fraction of sp³-hybridized carbons (Fsp3) is 0.0667. The van der Waals surface area contributed by atoms with Crippen LogP contribution in [0.4, 0.5) is 11.4 Å². The fourth-order valence-corrected chi connectivity index (χ4v) is 3.03. The number of hydrogen-bond acceptors (Lipinski definition) is 4. The van der Waals surface area contributed by atoms with E-state index in [9.17, 15) is 13.2 Å². The molecule has 0 atom stereocenters. The Labute approximate surface area is 127 Å². The van der Waals surface area contributed by atoms with E-state index in [-0.39, 0.29) is 22.5 Å². The molecule has 2 aromatic rings. The van der Waals surface area contributed by atoms with E-state index in [1.165, 1.54) is 36.4 Å². The number of nitriles is 1. The number of sulfonamides is 1. The molecule has 1 N–H and O–H groups in total. The number of carboxylic acids is 1. The molecule has 0 radical (unpaired) electrons. The first-order valence-corrected chi connectivity index (χ1v) is 8.02. The van der Waals surface area contributed by atoms with Crippen molar-refractivity contribution in [1.29, 1.82) is 5.26 Å². The van der Waals surface area contributed by atoms with Gasteiger partial charge < -0.3 is 5.11 Å². The van der Waals surface area contributed by atoms with Gasteiger partial charge >= 0.3 is 5.97 Å². The highest BCUT2D eigenvalue weighted by molar-refractivity contribution is 7.92. The molecule has 2 aromatic carbocycles. The Balaban J connectivity index is 2.71. The average molecular weight is 316 g/mol. The highest BCUT2D eigenvalue weighted by Crippen LogP contribution is 2.31. The van der Waals surface area contributed by atoms with Gasteiger partial charge in [-0.05, 0) is 30.3 Å². The number of para-hydroxylation sites is 1. The fourth-order valence-electron chi connectivity index (χ4n) is 2.02. The van der Waals surface area contributed by atoms with Crippen LogP contribution in [-0.2, 0) is 10.0 Å². The van der Waals surface area contributed by atoms with Crippen LogP contribution in [0.3, 0.4) is 0 Å². The molecule has 0 aliphatic carbocycles. The lowest BCUT2D eigenvalue weighted by Gasteiger charge is -2.23. The summed E-state index contributed by atoms with van der Waals surface area (Å²) in [5.74, 6) is -1.16. The van der Waals surface area contributed by atoms with E-state index in [0.717, 1.165) is 10.6 Å². The van der Waals surface area contributed by atoms with Gasteiger partial charge in [-0.1, -0.05) is 18.2 Å². The van der Waals surface area contributed by atoms with Gasteiger partial charge in [0.05, 0.1) is 28.8 Å². The number of hydrogen-bond donors (Lipinski definition) is 1. The van der Waals surface area contributed by atoms with Gasteiger partial charge in [0, 0.05) is 0 Å². The molecule has 0 aromatic heterocycles. The normalized spacial score (nSPS) is 10.7. The predicted octanol–water partition coefficient (Wildman–Crippen LogP) is 2.35. The lowest BCUT2D eigenvalue weighted by atomic mass is 10.1. The maximum Gasteiger partial charge on any atom is 0.335 e. The molecule has 0 unspecified atom stereocenters. The van der Waals surface area contributed by atoms with Crippen molar-refractivity contribution in [2.45, 2.75) is 0 Å². The van der Waals surface area contributed by atoms with Gasteiger partial charge in [0.25, 0.3) is 0 Å². The van der Waals surface area contributed by atoms with Crippen molar-refractivity contribution in [1.82, 2.24) is 0 Å². The molecule has 7 heteroatoms. The lowest BCUT2D eigenvalue weighted by molar-refractivity contribution is 0.0697. The Kier molecular flexibility index (Phi) is 4.15. The first-order chi connectivity index (χ1) is 10.3. The maximum atomic E-state index is 12.2. The molecule has 0 bridgehead atoms. The molecular formula is C15H12N2O4S. The van der Waals surface area contributed by atoms with E-state index >= 15 is 0 Å². The minimum absolute atomic E-state index is 0.0411. The molecule has 2 rings (SSSR count). The van der Waals surface area contributed by atoms with Gasteiger partial charge in [-0.2, -0.15) is 5.26 Å². The van der Waals surface area contributed by atoms with Crippen molar-refractivity contribution < 1.29 is 18.3 Å².